The van der Waals surface area contributed by atoms with Crippen molar-refractivity contribution in [2.24, 2.45) is 4.99 Å². The zero-order valence-electron chi connectivity index (χ0n) is 6.37. The predicted octanol–water partition coefficient (Wildman–Crippen LogP) is 0.533. The van der Waals surface area contributed by atoms with E-state index in [9.17, 15) is 20.2 Å². The highest BCUT2D eigenvalue weighted by molar-refractivity contribution is 7.89. The van der Waals surface area contributed by atoms with Crippen LogP contribution >= 0.6 is 24.4 Å². The summed E-state index contributed by atoms with van der Waals surface area (Å²) in [6.45, 7) is 0. The van der Waals surface area contributed by atoms with E-state index in [1.165, 1.54) is 0 Å². The number of dihydropyridines is 1. The molecule has 0 amide bonds. The molecule has 0 saturated carbocycles. The maximum Gasteiger partial charge on any atom is 0.368 e. The molecule has 1 rings (SSSR count). The number of hydrogen-bond acceptors (Lipinski definition) is 6. The van der Waals surface area contributed by atoms with Crippen molar-refractivity contribution in [3.8, 4) is 0 Å². The number of aliphatic imine (C=N–C) groups is 1. The van der Waals surface area contributed by atoms with Gasteiger partial charge in [-0.05, 0) is 0 Å². The highest BCUT2D eigenvalue weighted by Gasteiger charge is 2.36. The van der Waals surface area contributed by atoms with Gasteiger partial charge in [0.1, 0.15) is 6.21 Å². The van der Waals surface area contributed by atoms with Crippen LogP contribution in [-0.2, 0) is 0 Å². The van der Waals surface area contributed by atoms with E-state index in [0.717, 1.165) is 6.21 Å². The standard InChI is InChI=1S/C5HN3O4S2/c9-7(10)2-1-6-5(14)4(13)3(2)8(11)12/h1H. The molecule has 0 saturated heterocycles. The third-order valence-electron chi connectivity index (χ3n) is 1.34. The van der Waals surface area contributed by atoms with Crippen LogP contribution in [0.5, 0.6) is 0 Å². The van der Waals surface area contributed by atoms with Gasteiger partial charge in [-0.15, -0.1) is 0 Å². The van der Waals surface area contributed by atoms with Crippen molar-refractivity contribution in [2.45, 2.75) is 0 Å². The zero-order chi connectivity index (χ0) is 10.9. The first-order chi connectivity index (χ1) is 6.45. The first-order valence-electron chi connectivity index (χ1n) is 3.11. The molecule has 0 aromatic heterocycles. The molecule has 0 bridgehead atoms. The number of thiocarbonyl (C=S) groups is 2. The fourth-order valence-corrected chi connectivity index (χ4v) is 1.15. The van der Waals surface area contributed by atoms with Crippen molar-refractivity contribution in [1.82, 2.24) is 0 Å². The van der Waals surface area contributed by atoms with Crippen molar-refractivity contribution in [3.63, 3.8) is 0 Å². The molecule has 7 nitrogen and oxygen atoms in total. The van der Waals surface area contributed by atoms with Crippen LogP contribution in [0.2, 0.25) is 0 Å². The Balaban J connectivity index is 3.39. The molecule has 9 heteroatoms. The Morgan fingerprint density at radius 1 is 1.21 bits per heavy atom. The minimum Gasteiger partial charge on any atom is -0.258 e. The van der Waals surface area contributed by atoms with E-state index in [0.29, 0.717) is 0 Å². The number of nitro groups is 2. The first kappa shape index (κ1) is 10.5. The first-order valence-corrected chi connectivity index (χ1v) is 3.92. The molecule has 0 radical (unpaired) electrons. The zero-order valence-corrected chi connectivity index (χ0v) is 8.00. The van der Waals surface area contributed by atoms with E-state index in [4.69, 9.17) is 0 Å². The molecule has 0 atom stereocenters. The third-order valence-corrected chi connectivity index (χ3v) is 2.16. The Kier molecular flexibility index (Phi) is 2.72. The molecular weight excluding hydrogens is 230 g/mol. The summed E-state index contributed by atoms with van der Waals surface area (Å²) >= 11 is 9.13. The summed E-state index contributed by atoms with van der Waals surface area (Å²) in [6, 6.07) is 0. The lowest BCUT2D eigenvalue weighted by atomic mass is 10.2. The van der Waals surface area contributed by atoms with E-state index in [-0.39, 0.29) is 9.85 Å². The van der Waals surface area contributed by atoms with Crippen molar-refractivity contribution in [3.05, 3.63) is 31.6 Å². The summed E-state index contributed by atoms with van der Waals surface area (Å²) in [5, 5.41) is 20.8. The fourth-order valence-electron chi connectivity index (χ4n) is 0.767. The van der Waals surface area contributed by atoms with Crippen molar-refractivity contribution < 1.29 is 9.85 Å². The van der Waals surface area contributed by atoms with Crippen LogP contribution in [0.15, 0.2) is 16.4 Å². The maximum absolute atomic E-state index is 10.5. The van der Waals surface area contributed by atoms with E-state index >= 15 is 0 Å². The third kappa shape index (κ3) is 1.67. The molecule has 0 aromatic rings. The molecule has 0 N–H and O–H groups in total. The van der Waals surface area contributed by atoms with Crippen LogP contribution in [-0.4, -0.2) is 25.9 Å². The Bertz CT molecular complexity index is 425. The fraction of sp³-hybridized carbons (Fsp3) is 0. The molecule has 0 spiro atoms. The van der Waals surface area contributed by atoms with Crippen LogP contribution in [0.4, 0.5) is 0 Å². The second-order valence-corrected chi connectivity index (χ2v) is 2.94. The smallest absolute Gasteiger partial charge is 0.258 e. The normalized spacial score (nSPS) is 16.0. The van der Waals surface area contributed by atoms with Gasteiger partial charge in [0.05, 0.1) is 9.85 Å². The quantitative estimate of drug-likeness (QED) is 0.390. The minimum atomic E-state index is -0.933. The van der Waals surface area contributed by atoms with Crippen LogP contribution in [0.3, 0.4) is 0 Å². The van der Waals surface area contributed by atoms with Gasteiger partial charge in [0.25, 0.3) is 0 Å². The highest BCUT2D eigenvalue weighted by atomic mass is 32.1. The van der Waals surface area contributed by atoms with Crippen LogP contribution < -0.4 is 0 Å². The lowest BCUT2D eigenvalue weighted by Crippen LogP contribution is -2.25. The summed E-state index contributed by atoms with van der Waals surface area (Å²) in [4.78, 5) is 21.8. The van der Waals surface area contributed by atoms with Gasteiger partial charge in [0.15, 0.2) is 9.85 Å². The summed E-state index contributed by atoms with van der Waals surface area (Å²) < 4.78 is 0. The van der Waals surface area contributed by atoms with Gasteiger partial charge >= 0.3 is 11.4 Å². The van der Waals surface area contributed by atoms with Gasteiger partial charge in [0.2, 0.25) is 0 Å². The number of allylic oxidation sites excluding steroid dienone is 1. The van der Waals surface area contributed by atoms with E-state index in [1.807, 2.05) is 0 Å². The molecule has 1 aliphatic heterocycles. The second-order valence-electron chi connectivity index (χ2n) is 2.14. The van der Waals surface area contributed by atoms with Crippen LogP contribution in [0, 0.1) is 20.2 Å². The Hall–Kier alpha value is -1.61. The number of hydrogen-bond donors (Lipinski definition) is 0. The summed E-state index contributed by atoms with van der Waals surface area (Å²) in [6.07, 6.45) is 0.732. The highest BCUT2D eigenvalue weighted by Crippen LogP contribution is 2.14. The maximum atomic E-state index is 10.5. The van der Waals surface area contributed by atoms with Gasteiger partial charge < -0.3 is 0 Å². The topological polar surface area (TPSA) is 98.6 Å². The Morgan fingerprint density at radius 2 is 1.79 bits per heavy atom. The van der Waals surface area contributed by atoms with Crippen molar-refractivity contribution in [2.75, 3.05) is 0 Å². The predicted molar refractivity (Wildman–Crippen MR) is 54.7 cm³/mol. The molecular formula is C5HN3O4S2. The molecule has 1 aliphatic rings. The summed E-state index contributed by atoms with van der Waals surface area (Å²) in [7, 11) is 0. The van der Waals surface area contributed by atoms with E-state index in [2.05, 4.69) is 29.4 Å². The average Bonchev–Trinajstić information content (AvgIpc) is 2.08. The lowest BCUT2D eigenvalue weighted by Gasteiger charge is -2.03. The van der Waals surface area contributed by atoms with Gasteiger partial charge in [-0.25, -0.2) is 4.99 Å². The van der Waals surface area contributed by atoms with Gasteiger partial charge in [0, 0.05) is 0 Å². The Morgan fingerprint density at radius 3 is 2.21 bits per heavy atom. The molecule has 0 fully saturated rings. The van der Waals surface area contributed by atoms with E-state index in [1.54, 1.807) is 0 Å². The molecule has 72 valence electrons. The van der Waals surface area contributed by atoms with Crippen LogP contribution in [0.25, 0.3) is 0 Å². The SMILES string of the molecule is O=[N+]([O-])C1=C([N+](=O)[O-])C(=S)C(=S)N=C1. The molecule has 0 aliphatic carbocycles. The van der Waals surface area contributed by atoms with E-state index < -0.39 is 21.2 Å². The molecule has 1 heterocycles. The number of rotatable bonds is 2. The summed E-state index contributed by atoms with van der Waals surface area (Å²) in [5.41, 5.74) is -1.52. The second kappa shape index (κ2) is 3.64. The number of nitrogens with zero attached hydrogens (tertiary/aromatic N) is 3. The van der Waals surface area contributed by atoms with Crippen molar-refractivity contribution in [1.29, 1.82) is 0 Å². The molecule has 0 aromatic carbocycles. The minimum absolute atomic E-state index is 0.183. The average molecular weight is 231 g/mol. The monoisotopic (exact) mass is 231 g/mol. The molecule has 0 unspecified atom stereocenters. The van der Waals surface area contributed by atoms with Gasteiger partial charge in [-0.1, -0.05) is 24.4 Å². The molecule has 14 heavy (non-hydrogen) atoms. The van der Waals surface area contributed by atoms with Gasteiger partial charge in [-0.2, -0.15) is 0 Å². The van der Waals surface area contributed by atoms with Crippen LogP contribution in [0.1, 0.15) is 0 Å². The largest absolute Gasteiger partial charge is 0.368 e. The summed E-state index contributed by atoms with van der Waals surface area (Å²) in [5.74, 6) is 0. The van der Waals surface area contributed by atoms with Crippen molar-refractivity contribution >= 4 is 40.5 Å². The lowest BCUT2D eigenvalue weighted by molar-refractivity contribution is -0.457. The van der Waals surface area contributed by atoms with Gasteiger partial charge in [-0.3, -0.25) is 20.2 Å². The Labute approximate surface area is 87.4 Å².